The molecule has 0 radical (unpaired) electrons. The van der Waals surface area contributed by atoms with E-state index >= 15 is 0 Å². The summed E-state index contributed by atoms with van der Waals surface area (Å²) in [6.07, 6.45) is 7.64. The lowest BCUT2D eigenvalue weighted by molar-refractivity contribution is 0.437. The Bertz CT molecular complexity index is 517. The molecule has 0 aliphatic carbocycles. The third-order valence-corrected chi connectivity index (χ3v) is 3.61. The van der Waals surface area contributed by atoms with Gasteiger partial charge in [-0.2, -0.15) is 0 Å². The standard InChI is InChI=1S/C19H27FO2/c1-14(2)6-4-7-15(3)9-10-17-18(21)12-16(8-5-11-20)13-19(17)22/h6,9,12-13,21-22H,4-5,7-8,10-11H2,1-3H3/b15-9+. The number of hydrogen-bond donors (Lipinski definition) is 2. The average Bonchev–Trinajstić information content (AvgIpc) is 2.43. The fourth-order valence-corrected chi connectivity index (χ4v) is 2.29. The molecule has 0 spiro atoms. The zero-order valence-electron chi connectivity index (χ0n) is 13.8. The molecule has 0 heterocycles. The van der Waals surface area contributed by atoms with E-state index in [-0.39, 0.29) is 11.5 Å². The van der Waals surface area contributed by atoms with Crippen molar-refractivity contribution in [1.29, 1.82) is 0 Å². The molecule has 22 heavy (non-hydrogen) atoms. The Balaban J connectivity index is 2.71. The number of rotatable bonds is 8. The third-order valence-electron chi connectivity index (χ3n) is 3.61. The minimum Gasteiger partial charge on any atom is -0.508 e. The number of phenols is 2. The topological polar surface area (TPSA) is 40.5 Å². The van der Waals surface area contributed by atoms with Crippen LogP contribution in [0.25, 0.3) is 0 Å². The summed E-state index contributed by atoms with van der Waals surface area (Å²) in [5, 5.41) is 20.1. The predicted molar refractivity (Wildman–Crippen MR) is 90.2 cm³/mol. The van der Waals surface area contributed by atoms with Gasteiger partial charge in [-0.1, -0.05) is 23.3 Å². The maximum absolute atomic E-state index is 12.2. The maximum Gasteiger partial charge on any atom is 0.123 e. The lowest BCUT2D eigenvalue weighted by Crippen LogP contribution is -1.91. The van der Waals surface area contributed by atoms with Gasteiger partial charge < -0.3 is 10.2 Å². The summed E-state index contributed by atoms with van der Waals surface area (Å²) in [7, 11) is 0. The number of benzene rings is 1. The molecule has 0 aliphatic heterocycles. The summed E-state index contributed by atoms with van der Waals surface area (Å²) in [6, 6.07) is 3.24. The molecule has 0 saturated carbocycles. The van der Waals surface area contributed by atoms with Crippen LogP contribution in [-0.4, -0.2) is 16.9 Å². The van der Waals surface area contributed by atoms with E-state index in [4.69, 9.17) is 0 Å². The molecule has 0 atom stereocenters. The first-order valence-corrected chi connectivity index (χ1v) is 7.82. The Morgan fingerprint density at radius 3 is 2.27 bits per heavy atom. The van der Waals surface area contributed by atoms with Crippen LogP contribution in [0.15, 0.2) is 35.4 Å². The first-order chi connectivity index (χ1) is 10.4. The van der Waals surface area contributed by atoms with Crippen molar-refractivity contribution in [2.75, 3.05) is 6.67 Å². The second-order valence-corrected chi connectivity index (χ2v) is 5.98. The normalized spacial score (nSPS) is 11.5. The number of aromatic hydroxyl groups is 2. The molecule has 122 valence electrons. The maximum atomic E-state index is 12.2. The zero-order chi connectivity index (χ0) is 16.5. The van der Waals surface area contributed by atoms with Crippen LogP contribution in [0.5, 0.6) is 11.5 Å². The van der Waals surface area contributed by atoms with Crippen molar-refractivity contribution in [2.45, 2.75) is 52.9 Å². The van der Waals surface area contributed by atoms with Gasteiger partial charge in [0.15, 0.2) is 0 Å². The first kappa shape index (κ1) is 18.3. The van der Waals surface area contributed by atoms with Gasteiger partial charge in [0, 0.05) is 5.56 Å². The number of allylic oxidation sites excluding steroid dienone is 4. The monoisotopic (exact) mass is 306 g/mol. The highest BCUT2D eigenvalue weighted by molar-refractivity contribution is 5.47. The van der Waals surface area contributed by atoms with Crippen molar-refractivity contribution in [2.24, 2.45) is 0 Å². The first-order valence-electron chi connectivity index (χ1n) is 7.82. The molecule has 2 nitrogen and oxygen atoms in total. The second-order valence-electron chi connectivity index (χ2n) is 5.98. The zero-order valence-corrected chi connectivity index (χ0v) is 13.8. The van der Waals surface area contributed by atoms with Gasteiger partial charge in [-0.25, -0.2) is 0 Å². The van der Waals surface area contributed by atoms with Gasteiger partial charge in [-0.15, -0.1) is 0 Å². The van der Waals surface area contributed by atoms with Crippen molar-refractivity contribution in [1.82, 2.24) is 0 Å². The van der Waals surface area contributed by atoms with Gasteiger partial charge in [0.05, 0.1) is 6.67 Å². The van der Waals surface area contributed by atoms with Crippen LogP contribution in [-0.2, 0) is 12.8 Å². The third kappa shape index (κ3) is 6.33. The Morgan fingerprint density at radius 2 is 1.73 bits per heavy atom. The lowest BCUT2D eigenvalue weighted by Gasteiger charge is -2.09. The lowest BCUT2D eigenvalue weighted by atomic mass is 10.0. The number of hydrogen-bond acceptors (Lipinski definition) is 2. The summed E-state index contributed by atoms with van der Waals surface area (Å²) in [5.41, 5.74) is 3.84. The number of halogens is 1. The molecule has 0 saturated heterocycles. The largest absolute Gasteiger partial charge is 0.508 e. The molecule has 0 fully saturated rings. The van der Waals surface area contributed by atoms with E-state index in [0.717, 1.165) is 18.4 Å². The Kier molecular flexibility index (Phi) is 7.72. The van der Waals surface area contributed by atoms with Crippen LogP contribution in [0, 0.1) is 0 Å². The van der Waals surface area contributed by atoms with Crippen LogP contribution in [0.4, 0.5) is 4.39 Å². The van der Waals surface area contributed by atoms with E-state index in [1.807, 2.05) is 6.08 Å². The quantitative estimate of drug-likeness (QED) is 0.645. The summed E-state index contributed by atoms with van der Waals surface area (Å²) < 4.78 is 12.2. The van der Waals surface area contributed by atoms with Gasteiger partial charge in [-0.3, -0.25) is 4.39 Å². The smallest absolute Gasteiger partial charge is 0.123 e. The van der Waals surface area contributed by atoms with E-state index in [9.17, 15) is 14.6 Å². The molecule has 3 heteroatoms. The van der Waals surface area contributed by atoms with Crippen molar-refractivity contribution < 1.29 is 14.6 Å². The van der Waals surface area contributed by atoms with Crippen molar-refractivity contribution in [3.8, 4) is 11.5 Å². The molecule has 0 aliphatic rings. The minimum absolute atomic E-state index is 0.0854. The molecular weight excluding hydrogens is 279 g/mol. The molecule has 1 rings (SSSR count). The summed E-state index contributed by atoms with van der Waals surface area (Å²) in [5.74, 6) is 0.171. The Hall–Kier alpha value is -1.77. The Labute approximate surface area is 133 Å². The summed E-state index contributed by atoms with van der Waals surface area (Å²) in [6.45, 7) is 5.83. The van der Waals surface area contributed by atoms with Gasteiger partial charge in [-0.05, 0) is 70.6 Å². The molecule has 1 aromatic rings. The molecule has 0 bridgehead atoms. The molecular formula is C19H27FO2. The van der Waals surface area contributed by atoms with E-state index in [1.165, 1.54) is 11.1 Å². The van der Waals surface area contributed by atoms with E-state index < -0.39 is 6.67 Å². The fraction of sp³-hybridized carbons (Fsp3) is 0.474. The summed E-state index contributed by atoms with van der Waals surface area (Å²) >= 11 is 0. The van der Waals surface area contributed by atoms with Crippen molar-refractivity contribution >= 4 is 0 Å². The second kappa shape index (κ2) is 9.29. The Morgan fingerprint density at radius 1 is 1.09 bits per heavy atom. The molecule has 0 unspecified atom stereocenters. The van der Waals surface area contributed by atoms with Crippen LogP contribution in [0.1, 0.15) is 51.2 Å². The highest BCUT2D eigenvalue weighted by Crippen LogP contribution is 2.30. The van der Waals surface area contributed by atoms with Crippen LogP contribution in [0.2, 0.25) is 0 Å². The van der Waals surface area contributed by atoms with E-state index in [1.54, 1.807) is 12.1 Å². The van der Waals surface area contributed by atoms with Gasteiger partial charge in [0.1, 0.15) is 11.5 Å². The highest BCUT2D eigenvalue weighted by Gasteiger charge is 2.09. The molecule has 0 aromatic heterocycles. The SMILES string of the molecule is CC(C)=CCC/C(C)=C/Cc1c(O)cc(CCCF)cc1O. The number of aryl methyl sites for hydroxylation is 1. The molecule has 2 N–H and O–H groups in total. The van der Waals surface area contributed by atoms with Gasteiger partial charge in [0.25, 0.3) is 0 Å². The average molecular weight is 306 g/mol. The van der Waals surface area contributed by atoms with E-state index in [0.29, 0.717) is 24.8 Å². The minimum atomic E-state index is -0.392. The predicted octanol–water partition coefficient (Wildman–Crippen LogP) is 5.24. The fourth-order valence-electron chi connectivity index (χ4n) is 2.29. The van der Waals surface area contributed by atoms with Crippen LogP contribution in [0.3, 0.4) is 0 Å². The van der Waals surface area contributed by atoms with Gasteiger partial charge in [0.2, 0.25) is 0 Å². The molecule has 0 amide bonds. The highest BCUT2D eigenvalue weighted by atomic mass is 19.1. The van der Waals surface area contributed by atoms with E-state index in [2.05, 4.69) is 26.8 Å². The van der Waals surface area contributed by atoms with Crippen LogP contribution < -0.4 is 0 Å². The molecule has 1 aromatic carbocycles. The van der Waals surface area contributed by atoms with Gasteiger partial charge >= 0.3 is 0 Å². The number of phenolic OH excluding ortho intramolecular Hbond substituents is 2. The van der Waals surface area contributed by atoms with Crippen molar-refractivity contribution in [3.05, 3.63) is 46.6 Å². The number of alkyl halides is 1. The van der Waals surface area contributed by atoms with Crippen molar-refractivity contribution in [3.63, 3.8) is 0 Å². The van der Waals surface area contributed by atoms with Crippen LogP contribution >= 0.6 is 0 Å². The summed E-state index contributed by atoms with van der Waals surface area (Å²) in [4.78, 5) is 0.